The SMILES string of the molecule is Cc1nc([C@@H]2CCCN(C(=O)c3ccc(F)cc3)C2)nc2c1CCC(=O)N2C. The minimum Gasteiger partial charge on any atom is -0.338 e. The van der Waals surface area contributed by atoms with Gasteiger partial charge in [-0.3, -0.25) is 14.5 Å². The molecule has 0 N–H and O–H groups in total. The van der Waals surface area contributed by atoms with E-state index in [0.717, 1.165) is 24.1 Å². The van der Waals surface area contributed by atoms with Crippen molar-refractivity contribution in [3.63, 3.8) is 0 Å². The molecular weight excluding hydrogens is 359 g/mol. The highest BCUT2D eigenvalue weighted by Crippen LogP contribution is 2.31. The fraction of sp³-hybridized carbons (Fsp3) is 0.429. The summed E-state index contributed by atoms with van der Waals surface area (Å²) in [6.45, 7) is 3.14. The number of carbonyl (C=O) groups excluding carboxylic acids is 2. The predicted octanol–water partition coefficient (Wildman–Crippen LogP) is 2.85. The van der Waals surface area contributed by atoms with E-state index in [1.807, 2.05) is 6.92 Å². The van der Waals surface area contributed by atoms with Gasteiger partial charge in [-0.2, -0.15) is 0 Å². The lowest BCUT2D eigenvalue weighted by molar-refractivity contribution is -0.118. The molecule has 1 atom stereocenters. The third-order valence-corrected chi connectivity index (χ3v) is 5.65. The molecule has 2 amide bonds. The van der Waals surface area contributed by atoms with Crippen molar-refractivity contribution in [2.45, 2.75) is 38.5 Å². The molecule has 0 unspecified atom stereocenters. The molecule has 2 aromatic rings. The summed E-state index contributed by atoms with van der Waals surface area (Å²) in [5, 5.41) is 0. The Morgan fingerprint density at radius 2 is 1.93 bits per heavy atom. The number of likely N-dealkylation sites (tertiary alicyclic amines) is 1. The van der Waals surface area contributed by atoms with Crippen LogP contribution in [0.1, 0.15) is 52.6 Å². The van der Waals surface area contributed by atoms with Crippen LogP contribution in [-0.4, -0.2) is 46.8 Å². The van der Waals surface area contributed by atoms with E-state index in [1.54, 1.807) is 16.8 Å². The van der Waals surface area contributed by atoms with Crippen molar-refractivity contribution in [2.75, 3.05) is 25.0 Å². The first-order chi connectivity index (χ1) is 13.4. The maximum absolute atomic E-state index is 13.1. The molecule has 4 rings (SSSR count). The van der Waals surface area contributed by atoms with E-state index in [-0.39, 0.29) is 23.5 Å². The van der Waals surface area contributed by atoms with Crippen molar-refractivity contribution in [1.29, 1.82) is 0 Å². The fourth-order valence-electron chi connectivity index (χ4n) is 4.02. The molecule has 6 nitrogen and oxygen atoms in total. The number of nitrogens with zero attached hydrogens (tertiary/aromatic N) is 4. The zero-order valence-corrected chi connectivity index (χ0v) is 16.1. The van der Waals surface area contributed by atoms with Crippen molar-refractivity contribution >= 4 is 17.6 Å². The Bertz CT molecular complexity index is 929. The highest BCUT2D eigenvalue weighted by atomic mass is 19.1. The molecule has 2 aliphatic rings. The van der Waals surface area contributed by atoms with E-state index in [4.69, 9.17) is 9.97 Å². The van der Waals surface area contributed by atoms with Gasteiger partial charge < -0.3 is 4.90 Å². The molecule has 0 bridgehead atoms. The first kappa shape index (κ1) is 18.5. The number of carbonyl (C=O) groups is 2. The lowest BCUT2D eigenvalue weighted by Gasteiger charge is -2.33. The molecule has 1 aromatic heterocycles. The zero-order chi connectivity index (χ0) is 19.8. The molecule has 1 aromatic carbocycles. The van der Waals surface area contributed by atoms with Crippen molar-refractivity contribution in [2.24, 2.45) is 0 Å². The summed E-state index contributed by atoms with van der Waals surface area (Å²) in [5.41, 5.74) is 2.41. The highest BCUT2D eigenvalue weighted by molar-refractivity contribution is 5.95. The lowest BCUT2D eigenvalue weighted by atomic mass is 9.95. The number of halogens is 1. The van der Waals surface area contributed by atoms with Crippen molar-refractivity contribution < 1.29 is 14.0 Å². The second kappa shape index (κ2) is 7.30. The van der Waals surface area contributed by atoms with Crippen LogP contribution in [-0.2, 0) is 11.2 Å². The lowest BCUT2D eigenvalue weighted by Crippen LogP contribution is -2.40. The number of piperidine rings is 1. The van der Waals surface area contributed by atoms with Gasteiger partial charge in [-0.15, -0.1) is 0 Å². The molecule has 0 spiro atoms. The van der Waals surface area contributed by atoms with Gasteiger partial charge in [0.1, 0.15) is 17.5 Å². The maximum atomic E-state index is 13.1. The minimum absolute atomic E-state index is 0.0209. The molecule has 2 aliphatic heterocycles. The first-order valence-corrected chi connectivity index (χ1v) is 9.63. The summed E-state index contributed by atoms with van der Waals surface area (Å²) < 4.78 is 13.1. The molecule has 3 heterocycles. The van der Waals surface area contributed by atoms with Crippen LogP contribution in [0.15, 0.2) is 24.3 Å². The molecule has 0 saturated carbocycles. The van der Waals surface area contributed by atoms with Gasteiger partial charge in [0.15, 0.2) is 0 Å². The second-order valence-electron chi connectivity index (χ2n) is 7.52. The summed E-state index contributed by atoms with van der Waals surface area (Å²) >= 11 is 0. The summed E-state index contributed by atoms with van der Waals surface area (Å²) in [5.74, 6) is 1.01. The number of hydrogen-bond acceptors (Lipinski definition) is 4. The van der Waals surface area contributed by atoms with Gasteiger partial charge in [-0.1, -0.05) is 0 Å². The third-order valence-electron chi connectivity index (χ3n) is 5.65. The average Bonchev–Trinajstić information content (AvgIpc) is 2.71. The van der Waals surface area contributed by atoms with Crippen LogP contribution in [0.2, 0.25) is 0 Å². The van der Waals surface area contributed by atoms with Crippen LogP contribution < -0.4 is 4.90 Å². The smallest absolute Gasteiger partial charge is 0.253 e. The largest absolute Gasteiger partial charge is 0.338 e. The standard InChI is InChI=1S/C21H23FN4O2/c1-13-17-9-10-18(27)25(2)20(17)24-19(23-13)15-4-3-11-26(12-15)21(28)14-5-7-16(22)8-6-14/h5-8,15H,3-4,9-12H2,1-2H3/t15-/m1/s1. The maximum Gasteiger partial charge on any atom is 0.253 e. The zero-order valence-electron chi connectivity index (χ0n) is 16.1. The number of aromatic nitrogens is 2. The number of hydrogen-bond donors (Lipinski definition) is 0. The van der Waals surface area contributed by atoms with Gasteiger partial charge in [0.05, 0.1) is 0 Å². The summed E-state index contributed by atoms with van der Waals surface area (Å²) in [7, 11) is 1.75. The number of fused-ring (bicyclic) bond motifs is 1. The second-order valence-corrected chi connectivity index (χ2v) is 7.52. The summed E-state index contributed by atoms with van der Waals surface area (Å²) in [4.78, 5) is 37.7. The predicted molar refractivity (Wildman–Crippen MR) is 103 cm³/mol. The Kier molecular flexibility index (Phi) is 4.83. The van der Waals surface area contributed by atoms with E-state index in [1.165, 1.54) is 24.3 Å². The van der Waals surface area contributed by atoms with E-state index in [9.17, 15) is 14.0 Å². The van der Waals surface area contributed by atoms with Crippen LogP contribution in [0.5, 0.6) is 0 Å². The van der Waals surface area contributed by atoms with Gasteiger partial charge in [0, 0.05) is 49.3 Å². The van der Waals surface area contributed by atoms with E-state index in [2.05, 4.69) is 0 Å². The minimum atomic E-state index is -0.357. The molecule has 28 heavy (non-hydrogen) atoms. The molecule has 1 saturated heterocycles. The van der Waals surface area contributed by atoms with Crippen LogP contribution in [0, 0.1) is 12.7 Å². The number of amides is 2. The molecule has 1 fully saturated rings. The Hall–Kier alpha value is -2.83. The van der Waals surface area contributed by atoms with Gasteiger partial charge in [0.25, 0.3) is 5.91 Å². The molecular formula is C21H23FN4O2. The summed E-state index contributed by atoms with van der Waals surface area (Å²) in [6.07, 6.45) is 2.90. The Balaban J connectivity index is 1.58. The average molecular weight is 382 g/mol. The number of benzene rings is 1. The quantitative estimate of drug-likeness (QED) is 0.801. The highest BCUT2D eigenvalue weighted by Gasteiger charge is 2.30. The van der Waals surface area contributed by atoms with Gasteiger partial charge >= 0.3 is 0 Å². The topological polar surface area (TPSA) is 66.4 Å². The van der Waals surface area contributed by atoms with Gasteiger partial charge in [-0.05, 0) is 50.5 Å². The van der Waals surface area contributed by atoms with Crippen LogP contribution in [0.3, 0.4) is 0 Å². The number of anilines is 1. The molecule has 0 radical (unpaired) electrons. The van der Waals surface area contributed by atoms with E-state index < -0.39 is 0 Å². The number of rotatable bonds is 2. The molecule has 7 heteroatoms. The first-order valence-electron chi connectivity index (χ1n) is 9.63. The van der Waals surface area contributed by atoms with Crippen molar-refractivity contribution in [1.82, 2.24) is 14.9 Å². The van der Waals surface area contributed by atoms with Crippen LogP contribution >= 0.6 is 0 Å². The van der Waals surface area contributed by atoms with Crippen molar-refractivity contribution in [3.8, 4) is 0 Å². The van der Waals surface area contributed by atoms with E-state index in [0.29, 0.717) is 43.1 Å². The summed E-state index contributed by atoms with van der Waals surface area (Å²) in [6, 6.07) is 5.64. The monoisotopic (exact) mass is 382 g/mol. The number of aryl methyl sites for hydroxylation is 1. The van der Waals surface area contributed by atoms with Gasteiger partial charge in [0.2, 0.25) is 5.91 Å². The molecule has 0 aliphatic carbocycles. The normalized spacial score (nSPS) is 19.5. The molecule has 146 valence electrons. The van der Waals surface area contributed by atoms with E-state index >= 15 is 0 Å². The van der Waals surface area contributed by atoms with Crippen LogP contribution in [0.25, 0.3) is 0 Å². The van der Waals surface area contributed by atoms with Crippen molar-refractivity contribution in [3.05, 3.63) is 52.7 Å². The Morgan fingerprint density at radius 3 is 2.68 bits per heavy atom. The fourth-order valence-corrected chi connectivity index (χ4v) is 4.02. The van der Waals surface area contributed by atoms with Crippen LogP contribution in [0.4, 0.5) is 10.2 Å². The Morgan fingerprint density at radius 1 is 1.18 bits per heavy atom. The van der Waals surface area contributed by atoms with Gasteiger partial charge in [-0.25, -0.2) is 14.4 Å². The Labute approximate surface area is 163 Å². The third kappa shape index (κ3) is 3.37.